The van der Waals surface area contributed by atoms with E-state index in [1.165, 1.54) is 14.2 Å². The zero-order valence-electron chi connectivity index (χ0n) is 7.56. The molecule has 0 spiro atoms. The van der Waals surface area contributed by atoms with Crippen LogP contribution in [0.4, 0.5) is 0 Å². The lowest BCUT2D eigenvalue weighted by molar-refractivity contribution is -0.108. The van der Waals surface area contributed by atoms with Crippen molar-refractivity contribution in [3.05, 3.63) is 29.6 Å². The molecule has 1 aromatic heterocycles. The molecule has 0 unspecified atom stereocenters. The van der Waals surface area contributed by atoms with Gasteiger partial charge in [0, 0.05) is 14.2 Å². The van der Waals surface area contributed by atoms with Crippen molar-refractivity contribution in [3.8, 4) is 0 Å². The maximum Gasteiger partial charge on any atom is 0.200 e. The largest absolute Gasteiger partial charge is 0.350 e. The molecule has 1 heterocycles. The quantitative estimate of drug-likeness (QED) is 0.517. The van der Waals surface area contributed by atoms with Crippen LogP contribution < -0.4 is 0 Å². The number of pyridine rings is 1. The van der Waals surface area contributed by atoms with E-state index in [1.807, 2.05) is 0 Å². The van der Waals surface area contributed by atoms with Gasteiger partial charge in [-0.25, -0.2) is 4.98 Å². The maximum absolute atomic E-state index is 10.4. The highest BCUT2D eigenvalue weighted by atomic mass is 16.7. The normalized spacial score (nSPS) is 10.4. The highest BCUT2D eigenvalue weighted by Gasteiger charge is 2.09. The number of methoxy groups -OCH3 is 2. The van der Waals surface area contributed by atoms with E-state index < -0.39 is 6.29 Å². The van der Waals surface area contributed by atoms with Crippen LogP contribution in [0, 0.1) is 0 Å². The molecular formula is C9H11NO3. The number of hydrogen-bond acceptors (Lipinski definition) is 4. The van der Waals surface area contributed by atoms with Crippen molar-refractivity contribution in [2.75, 3.05) is 14.2 Å². The lowest BCUT2D eigenvalue weighted by atomic mass is 10.3. The first-order chi connectivity index (χ1) is 6.31. The maximum atomic E-state index is 10.4. The third kappa shape index (κ3) is 2.34. The van der Waals surface area contributed by atoms with Crippen LogP contribution in [0.2, 0.25) is 0 Å². The van der Waals surface area contributed by atoms with Crippen LogP contribution in [-0.4, -0.2) is 25.5 Å². The molecule has 0 amide bonds. The Bertz CT molecular complexity index is 284. The van der Waals surface area contributed by atoms with E-state index in [1.54, 1.807) is 18.2 Å². The monoisotopic (exact) mass is 181 g/mol. The number of ether oxygens (including phenoxy) is 2. The predicted molar refractivity (Wildman–Crippen MR) is 46.4 cm³/mol. The van der Waals surface area contributed by atoms with Crippen LogP contribution in [-0.2, 0) is 9.47 Å². The first-order valence-corrected chi connectivity index (χ1v) is 3.79. The molecule has 0 atom stereocenters. The SMILES string of the molecule is COC(OC)c1cccc(C=O)n1. The molecule has 0 N–H and O–H groups in total. The van der Waals surface area contributed by atoms with E-state index in [9.17, 15) is 4.79 Å². The Kier molecular flexibility index (Phi) is 3.54. The second-order valence-corrected chi connectivity index (χ2v) is 2.41. The number of carbonyl (C=O) groups is 1. The van der Waals surface area contributed by atoms with Crippen molar-refractivity contribution in [3.63, 3.8) is 0 Å². The Morgan fingerprint density at radius 1 is 1.38 bits per heavy atom. The minimum Gasteiger partial charge on any atom is -0.350 e. The Morgan fingerprint density at radius 2 is 2.08 bits per heavy atom. The first kappa shape index (κ1) is 9.83. The summed E-state index contributed by atoms with van der Waals surface area (Å²) in [6.45, 7) is 0. The molecule has 0 aliphatic heterocycles. The summed E-state index contributed by atoms with van der Waals surface area (Å²) in [4.78, 5) is 14.4. The average molecular weight is 181 g/mol. The van der Waals surface area contributed by atoms with E-state index in [-0.39, 0.29) is 0 Å². The van der Waals surface area contributed by atoms with Gasteiger partial charge >= 0.3 is 0 Å². The van der Waals surface area contributed by atoms with Gasteiger partial charge in [-0.1, -0.05) is 6.07 Å². The number of carbonyl (C=O) groups excluding carboxylic acids is 1. The van der Waals surface area contributed by atoms with Crippen LogP contribution in [0.3, 0.4) is 0 Å². The minimum absolute atomic E-state index is 0.372. The molecule has 70 valence electrons. The Labute approximate surface area is 76.5 Å². The third-order valence-corrected chi connectivity index (χ3v) is 1.58. The molecule has 0 bridgehead atoms. The van der Waals surface area contributed by atoms with Gasteiger partial charge in [0.25, 0.3) is 0 Å². The molecule has 0 saturated heterocycles. The van der Waals surface area contributed by atoms with Gasteiger partial charge in [0.05, 0.1) is 5.69 Å². The van der Waals surface area contributed by atoms with E-state index >= 15 is 0 Å². The fraction of sp³-hybridized carbons (Fsp3) is 0.333. The van der Waals surface area contributed by atoms with Crippen LogP contribution in [0.25, 0.3) is 0 Å². The number of nitrogens with zero attached hydrogens (tertiary/aromatic N) is 1. The molecule has 0 aromatic carbocycles. The minimum atomic E-state index is -0.514. The molecule has 4 nitrogen and oxygen atoms in total. The van der Waals surface area contributed by atoms with Crippen molar-refractivity contribution < 1.29 is 14.3 Å². The fourth-order valence-corrected chi connectivity index (χ4v) is 1.00. The number of aldehydes is 1. The average Bonchev–Trinajstić information content (AvgIpc) is 2.20. The van der Waals surface area contributed by atoms with Gasteiger partial charge in [0.15, 0.2) is 6.29 Å². The lowest BCUT2D eigenvalue weighted by Crippen LogP contribution is -2.06. The van der Waals surface area contributed by atoms with Gasteiger partial charge in [-0.3, -0.25) is 4.79 Å². The van der Waals surface area contributed by atoms with Gasteiger partial charge in [-0.2, -0.15) is 0 Å². The molecular weight excluding hydrogens is 170 g/mol. The zero-order chi connectivity index (χ0) is 9.68. The van der Waals surface area contributed by atoms with Crippen LogP contribution >= 0.6 is 0 Å². The fourth-order valence-electron chi connectivity index (χ4n) is 1.00. The van der Waals surface area contributed by atoms with Gasteiger partial charge in [-0.15, -0.1) is 0 Å². The Balaban J connectivity index is 2.92. The summed E-state index contributed by atoms with van der Waals surface area (Å²) in [5, 5.41) is 0. The van der Waals surface area contributed by atoms with Crippen molar-refractivity contribution >= 4 is 6.29 Å². The molecule has 0 fully saturated rings. The molecule has 0 aliphatic carbocycles. The summed E-state index contributed by atoms with van der Waals surface area (Å²) in [6, 6.07) is 5.10. The highest BCUT2D eigenvalue weighted by molar-refractivity contribution is 5.71. The van der Waals surface area contributed by atoms with E-state index in [0.717, 1.165) is 0 Å². The summed E-state index contributed by atoms with van der Waals surface area (Å²) in [6.07, 6.45) is 0.172. The Morgan fingerprint density at radius 3 is 2.62 bits per heavy atom. The van der Waals surface area contributed by atoms with Crippen molar-refractivity contribution in [2.45, 2.75) is 6.29 Å². The van der Waals surface area contributed by atoms with Crippen molar-refractivity contribution in [2.24, 2.45) is 0 Å². The summed E-state index contributed by atoms with van der Waals surface area (Å²) < 4.78 is 9.97. The van der Waals surface area contributed by atoms with Gasteiger partial charge in [0.1, 0.15) is 5.69 Å². The van der Waals surface area contributed by atoms with Crippen molar-refractivity contribution in [1.29, 1.82) is 0 Å². The van der Waals surface area contributed by atoms with Crippen molar-refractivity contribution in [1.82, 2.24) is 4.98 Å². The number of aromatic nitrogens is 1. The van der Waals surface area contributed by atoms with Gasteiger partial charge < -0.3 is 9.47 Å². The van der Waals surface area contributed by atoms with E-state index in [4.69, 9.17) is 9.47 Å². The molecule has 13 heavy (non-hydrogen) atoms. The molecule has 0 radical (unpaired) electrons. The molecule has 4 heteroatoms. The van der Waals surface area contributed by atoms with E-state index in [2.05, 4.69) is 4.98 Å². The first-order valence-electron chi connectivity index (χ1n) is 3.79. The van der Waals surface area contributed by atoms with Gasteiger partial charge in [-0.05, 0) is 12.1 Å². The molecule has 1 aromatic rings. The highest BCUT2D eigenvalue weighted by Crippen LogP contribution is 2.14. The summed E-state index contributed by atoms with van der Waals surface area (Å²) in [5.74, 6) is 0. The lowest BCUT2D eigenvalue weighted by Gasteiger charge is -2.12. The number of hydrogen-bond donors (Lipinski definition) is 0. The number of rotatable bonds is 4. The van der Waals surface area contributed by atoms with Crippen LogP contribution in [0.15, 0.2) is 18.2 Å². The predicted octanol–water partition coefficient (Wildman–Crippen LogP) is 1.19. The molecule has 0 aliphatic rings. The second kappa shape index (κ2) is 4.69. The second-order valence-electron chi connectivity index (χ2n) is 2.41. The van der Waals surface area contributed by atoms with E-state index in [0.29, 0.717) is 17.7 Å². The summed E-state index contributed by atoms with van der Waals surface area (Å²) in [7, 11) is 3.03. The standard InChI is InChI=1S/C9H11NO3/c1-12-9(13-2)8-5-3-4-7(6-11)10-8/h3-6,9H,1-2H3. The summed E-state index contributed by atoms with van der Waals surface area (Å²) >= 11 is 0. The Hall–Kier alpha value is -1.26. The smallest absolute Gasteiger partial charge is 0.200 e. The van der Waals surface area contributed by atoms with Crippen LogP contribution in [0.1, 0.15) is 22.5 Å². The topological polar surface area (TPSA) is 48.4 Å². The van der Waals surface area contributed by atoms with Crippen LogP contribution in [0.5, 0.6) is 0 Å². The zero-order valence-corrected chi connectivity index (χ0v) is 7.56. The summed E-state index contributed by atoms with van der Waals surface area (Å²) in [5.41, 5.74) is 0.964. The third-order valence-electron chi connectivity index (χ3n) is 1.58. The molecule has 1 rings (SSSR count). The molecule has 0 saturated carbocycles. The van der Waals surface area contributed by atoms with Gasteiger partial charge in [0.2, 0.25) is 6.29 Å².